The fourth-order valence-corrected chi connectivity index (χ4v) is 1.97. The normalized spacial score (nSPS) is 13.1. The molecule has 1 aromatic rings. The Balaban J connectivity index is 2.22. The number of nitrogens with one attached hydrogen (secondary N) is 1. The van der Waals surface area contributed by atoms with Crippen LogP contribution in [0.4, 0.5) is 0 Å². The summed E-state index contributed by atoms with van der Waals surface area (Å²) in [4.78, 5) is 0. The van der Waals surface area contributed by atoms with E-state index in [0.29, 0.717) is 12.5 Å². The highest BCUT2D eigenvalue weighted by molar-refractivity contribution is 14.1. The van der Waals surface area contributed by atoms with Crippen molar-refractivity contribution in [1.29, 1.82) is 0 Å². The smallest absolute Gasteiger partial charge is 0.0667 e. The number of hydrogen-bond donors (Lipinski definition) is 2. The van der Waals surface area contributed by atoms with Crippen LogP contribution in [0.15, 0.2) is 24.3 Å². The van der Waals surface area contributed by atoms with E-state index in [4.69, 9.17) is 0 Å². The number of aliphatic hydroxyl groups excluding tert-OH is 1. The van der Waals surface area contributed by atoms with Crippen molar-refractivity contribution in [2.75, 3.05) is 6.54 Å². The molecule has 0 aliphatic carbocycles. The summed E-state index contributed by atoms with van der Waals surface area (Å²) in [6.45, 7) is 5.75. The van der Waals surface area contributed by atoms with Gasteiger partial charge in [-0.05, 0) is 52.6 Å². The van der Waals surface area contributed by atoms with Crippen LogP contribution >= 0.6 is 22.6 Å². The minimum absolute atomic E-state index is 0.233. The van der Waals surface area contributed by atoms with E-state index in [0.717, 1.165) is 13.0 Å². The molecule has 0 aliphatic rings. The highest BCUT2D eigenvalue weighted by Crippen LogP contribution is 2.07. The summed E-state index contributed by atoms with van der Waals surface area (Å²) < 4.78 is 1.25. The molecule has 0 heterocycles. The molecule has 1 rings (SSSR count). The summed E-state index contributed by atoms with van der Waals surface area (Å²) in [5.41, 5.74) is 1.26. The first-order valence-electron chi connectivity index (χ1n) is 5.71. The van der Waals surface area contributed by atoms with Crippen LogP contribution in [0.2, 0.25) is 0 Å². The lowest BCUT2D eigenvalue weighted by Crippen LogP contribution is -2.27. The molecule has 0 fully saturated rings. The third-order valence-corrected chi connectivity index (χ3v) is 3.08. The largest absolute Gasteiger partial charge is 0.392 e. The van der Waals surface area contributed by atoms with Crippen molar-refractivity contribution in [2.45, 2.75) is 32.9 Å². The van der Waals surface area contributed by atoms with Gasteiger partial charge in [-0.15, -0.1) is 0 Å². The predicted molar refractivity (Wildman–Crippen MR) is 76.3 cm³/mol. The Hall–Kier alpha value is -0.130. The van der Waals surface area contributed by atoms with E-state index < -0.39 is 0 Å². The lowest BCUT2D eigenvalue weighted by molar-refractivity contribution is 0.146. The average Bonchev–Trinajstić information content (AvgIpc) is 2.20. The van der Waals surface area contributed by atoms with Crippen LogP contribution in [0.1, 0.15) is 25.8 Å². The lowest BCUT2D eigenvalue weighted by Gasteiger charge is -2.13. The molecule has 1 atom stereocenters. The number of rotatable bonds is 6. The van der Waals surface area contributed by atoms with Gasteiger partial charge in [0.1, 0.15) is 0 Å². The van der Waals surface area contributed by atoms with Crippen molar-refractivity contribution in [3.63, 3.8) is 0 Å². The van der Waals surface area contributed by atoms with Gasteiger partial charge in [0.25, 0.3) is 0 Å². The second-order valence-corrected chi connectivity index (χ2v) is 5.79. The molecular formula is C13H20INO. The Bertz CT molecular complexity index is 297. The van der Waals surface area contributed by atoms with E-state index in [1.165, 1.54) is 9.13 Å². The minimum atomic E-state index is -0.233. The van der Waals surface area contributed by atoms with Gasteiger partial charge in [-0.25, -0.2) is 0 Å². The van der Waals surface area contributed by atoms with Gasteiger partial charge in [-0.1, -0.05) is 26.0 Å². The summed E-state index contributed by atoms with van der Waals surface area (Å²) >= 11 is 2.30. The molecule has 0 aliphatic heterocycles. The van der Waals surface area contributed by atoms with Crippen LogP contribution in [0, 0.1) is 9.49 Å². The third-order valence-electron chi connectivity index (χ3n) is 2.37. The third kappa shape index (κ3) is 5.82. The number of hydrogen-bond acceptors (Lipinski definition) is 2. The lowest BCUT2D eigenvalue weighted by atomic mass is 10.1. The van der Waals surface area contributed by atoms with Crippen molar-refractivity contribution in [3.8, 4) is 0 Å². The zero-order valence-corrected chi connectivity index (χ0v) is 12.1. The maximum absolute atomic E-state index is 9.68. The Kier molecular flexibility index (Phi) is 6.31. The van der Waals surface area contributed by atoms with Crippen LogP contribution in [-0.4, -0.2) is 17.8 Å². The van der Waals surface area contributed by atoms with Gasteiger partial charge < -0.3 is 10.4 Å². The SMILES string of the molecule is CC(C)CC(O)CNCc1ccc(I)cc1. The Morgan fingerprint density at radius 1 is 1.25 bits per heavy atom. The summed E-state index contributed by atoms with van der Waals surface area (Å²) in [6.07, 6.45) is 0.628. The molecular weight excluding hydrogens is 313 g/mol. The molecule has 0 amide bonds. The number of aliphatic hydroxyl groups is 1. The molecule has 2 N–H and O–H groups in total. The number of halogens is 1. The molecule has 3 heteroatoms. The fraction of sp³-hybridized carbons (Fsp3) is 0.538. The second-order valence-electron chi connectivity index (χ2n) is 4.54. The summed E-state index contributed by atoms with van der Waals surface area (Å²) in [5.74, 6) is 0.551. The first-order chi connectivity index (χ1) is 7.58. The van der Waals surface area contributed by atoms with Gasteiger partial charge in [0, 0.05) is 16.7 Å². The van der Waals surface area contributed by atoms with Crippen LogP contribution in [0.5, 0.6) is 0 Å². The molecule has 90 valence electrons. The van der Waals surface area contributed by atoms with Gasteiger partial charge >= 0.3 is 0 Å². The molecule has 0 saturated heterocycles. The maximum Gasteiger partial charge on any atom is 0.0667 e. The molecule has 2 nitrogen and oxygen atoms in total. The van der Waals surface area contributed by atoms with Crippen LogP contribution in [0.3, 0.4) is 0 Å². The minimum Gasteiger partial charge on any atom is -0.392 e. The van der Waals surface area contributed by atoms with E-state index in [1.54, 1.807) is 0 Å². The van der Waals surface area contributed by atoms with Gasteiger partial charge in [-0.2, -0.15) is 0 Å². The van der Waals surface area contributed by atoms with Crippen molar-refractivity contribution in [1.82, 2.24) is 5.32 Å². The van der Waals surface area contributed by atoms with Crippen LogP contribution < -0.4 is 5.32 Å². The van der Waals surface area contributed by atoms with Gasteiger partial charge in [-0.3, -0.25) is 0 Å². The monoisotopic (exact) mass is 333 g/mol. The van der Waals surface area contributed by atoms with Crippen molar-refractivity contribution < 1.29 is 5.11 Å². The molecule has 0 spiro atoms. The van der Waals surface area contributed by atoms with Gasteiger partial charge in [0.15, 0.2) is 0 Å². The molecule has 0 radical (unpaired) electrons. The van der Waals surface area contributed by atoms with Crippen LogP contribution in [0.25, 0.3) is 0 Å². The molecule has 1 aromatic carbocycles. The van der Waals surface area contributed by atoms with Crippen molar-refractivity contribution in [2.24, 2.45) is 5.92 Å². The molecule has 0 saturated carbocycles. The standard InChI is InChI=1S/C13H20INO/c1-10(2)7-13(16)9-15-8-11-3-5-12(14)6-4-11/h3-6,10,13,15-16H,7-9H2,1-2H3. The molecule has 0 aromatic heterocycles. The predicted octanol–water partition coefficient (Wildman–Crippen LogP) is 2.79. The van der Waals surface area contributed by atoms with E-state index >= 15 is 0 Å². The summed E-state index contributed by atoms with van der Waals surface area (Å²) in [5, 5.41) is 13.0. The van der Waals surface area contributed by atoms with E-state index in [-0.39, 0.29) is 6.10 Å². The van der Waals surface area contributed by atoms with E-state index in [1.807, 2.05) is 0 Å². The van der Waals surface area contributed by atoms with Crippen molar-refractivity contribution in [3.05, 3.63) is 33.4 Å². The second kappa shape index (κ2) is 7.25. The van der Waals surface area contributed by atoms with E-state index in [2.05, 4.69) is 66.0 Å². The topological polar surface area (TPSA) is 32.3 Å². The van der Waals surface area contributed by atoms with Crippen LogP contribution in [-0.2, 0) is 6.54 Å². The quantitative estimate of drug-likeness (QED) is 0.785. The molecule has 1 unspecified atom stereocenters. The summed E-state index contributed by atoms with van der Waals surface area (Å²) in [7, 11) is 0. The molecule has 0 bridgehead atoms. The highest BCUT2D eigenvalue weighted by Gasteiger charge is 2.05. The first-order valence-corrected chi connectivity index (χ1v) is 6.79. The number of benzene rings is 1. The summed E-state index contributed by atoms with van der Waals surface area (Å²) in [6, 6.07) is 8.43. The zero-order chi connectivity index (χ0) is 12.0. The van der Waals surface area contributed by atoms with Gasteiger partial charge in [0.2, 0.25) is 0 Å². The maximum atomic E-state index is 9.68. The highest BCUT2D eigenvalue weighted by atomic mass is 127. The fourth-order valence-electron chi connectivity index (χ4n) is 1.61. The Labute approximate surface area is 112 Å². The molecule has 16 heavy (non-hydrogen) atoms. The Morgan fingerprint density at radius 3 is 2.44 bits per heavy atom. The average molecular weight is 333 g/mol. The zero-order valence-electron chi connectivity index (χ0n) is 9.91. The van der Waals surface area contributed by atoms with E-state index in [9.17, 15) is 5.11 Å². The first kappa shape index (κ1) is 13.9. The Morgan fingerprint density at radius 2 is 1.88 bits per heavy atom. The van der Waals surface area contributed by atoms with Crippen molar-refractivity contribution >= 4 is 22.6 Å². The van der Waals surface area contributed by atoms with Gasteiger partial charge in [0.05, 0.1) is 6.10 Å².